The minimum Gasteiger partial charge on any atom is -0.490 e. The minimum absolute atomic E-state index is 0.156. The van der Waals surface area contributed by atoms with Crippen molar-refractivity contribution in [2.45, 2.75) is 20.0 Å². The molecule has 5 rings (SSSR count). The van der Waals surface area contributed by atoms with Crippen LogP contribution in [0.5, 0.6) is 11.5 Å². The van der Waals surface area contributed by atoms with Crippen molar-refractivity contribution in [3.63, 3.8) is 0 Å². The topological polar surface area (TPSA) is 68.2 Å². The van der Waals surface area contributed by atoms with Crippen LogP contribution in [0.1, 0.15) is 24.5 Å². The van der Waals surface area contributed by atoms with Crippen molar-refractivity contribution in [2.24, 2.45) is 28.8 Å². The number of ether oxygens (including phenoxy) is 2. The molecule has 2 bridgehead atoms. The quantitative estimate of drug-likeness (QED) is 0.376. The van der Waals surface area contributed by atoms with Gasteiger partial charge in [0, 0.05) is 0 Å². The Labute approximate surface area is 185 Å². The Bertz CT molecular complexity index is 1080. The summed E-state index contributed by atoms with van der Waals surface area (Å²) in [5.41, 5.74) is 1.51. The molecule has 2 aromatic carbocycles. The molecular weight excluding hydrogens is 411 g/mol. The van der Waals surface area contributed by atoms with Gasteiger partial charge in [-0.25, -0.2) is 4.39 Å². The van der Waals surface area contributed by atoms with Crippen LogP contribution >= 0.6 is 0 Å². The molecule has 2 aromatic rings. The average molecular weight is 434 g/mol. The molecule has 0 spiro atoms. The maximum atomic E-state index is 13.1. The van der Waals surface area contributed by atoms with Gasteiger partial charge >= 0.3 is 0 Å². The number of hydrogen-bond donors (Lipinski definition) is 0. The third kappa shape index (κ3) is 3.57. The number of halogens is 1. The zero-order chi connectivity index (χ0) is 22.2. The van der Waals surface area contributed by atoms with Gasteiger partial charge in [0.2, 0.25) is 0 Å². The van der Waals surface area contributed by atoms with E-state index in [9.17, 15) is 14.0 Å². The van der Waals surface area contributed by atoms with Gasteiger partial charge in [0.25, 0.3) is 11.8 Å². The number of imide groups is 1. The van der Waals surface area contributed by atoms with E-state index in [2.05, 4.69) is 17.3 Å². The van der Waals surface area contributed by atoms with E-state index in [0.29, 0.717) is 23.7 Å². The predicted octanol–water partition coefficient (Wildman–Crippen LogP) is 3.94. The molecule has 2 fully saturated rings. The number of amides is 2. The molecule has 0 unspecified atom stereocenters. The Morgan fingerprint density at radius 2 is 1.69 bits per heavy atom. The molecular formula is C25H23FN2O4. The van der Waals surface area contributed by atoms with Crippen LogP contribution < -0.4 is 9.47 Å². The van der Waals surface area contributed by atoms with Gasteiger partial charge in [0.15, 0.2) is 11.5 Å². The van der Waals surface area contributed by atoms with E-state index in [-0.39, 0.29) is 47.9 Å². The molecule has 4 atom stereocenters. The molecule has 3 aliphatic rings. The lowest BCUT2D eigenvalue weighted by Gasteiger charge is -2.13. The van der Waals surface area contributed by atoms with Gasteiger partial charge in [0.05, 0.1) is 24.7 Å². The Morgan fingerprint density at radius 3 is 2.34 bits per heavy atom. The summed E-state index contributed by atoms with van der Waals surface area (Å²) < 4.78 is 24.6. The van der Waals surface area contributed by atoms with Crippen molar-refractivity contribution < 1.29 is 23.5 Å². The van der Waals surface area contributed by atoms with Crippen LogP contribution in [-0.4, -0.2) is 29.6 Å². The van der Waals surface area contributed by atoms with Crippen LogP contribution in [0, 0.1) is 29.5 Å². The SMILES string of the molecule is CCOc1cc(C=NN2C(=O)[C@@H]3[C@H](C2=O)[C@H]2C=C[C@H]3C2)ccc1OCc1ccc(F)cc1. The van der Waals surface area contributed by atoms with Gasteiger partial charge in [-0.1, -0.05) is 24.3 Å². The number of hydrogen-bond acceptors (Lipinski definition) is 5. The summed E-state index contributed by atoms with van der Waals surface area (Å²) in [5.74, 6) is 0.125. The number of allylic oxidation sites excluding steroid dienone is 2. The van der Waals surface area contributed by atoms with Crippen molar-refractivity contribution >= 4 is 18.0 Å². The summed E-state index contributed by atoms with van der Waals surface area (Å²) in [6.07, 6.45) is 6.51. The van der Waals surface area contributed by atoms with Crippen molar-refractivity contribution in [3.8, 4) is 11.5 Å². The second-order valence-electron chi connectivity index (χ2n) is 8.29. The molecule has 1 heterocycles. The lowest BCUT2D eigenvalue weighted by Crippen LogP contribution is -2.28. The average Bonchev–Trinajstić information content (AvgIpc) is 3.47. The first-order valence-corrected chi connectivity index (χ1v) is 10.8. The fourth-order valence-corrected chi connectivity index (χ4v) is 4.86. The summed E-state index contributed by atoms with van der Waals surface area (Å²) >= 11 is 0. The van der Waals surface area contributed by atoms with E-state index in [1.807, 2.05) is 6.92 Å². The standard InChI is InChI=1S/C25H23FN2O4/c1-2-31-21-11-16(5-10-20(21)32-14-15-3-8-19(26)9-4-15)13-27-28-24(29)22-17-6-7-18(12-17)23(22)25(28)30/h3-11,13,17-18,22-23H,2,12,14H2,1H3/t17-,18-,22-,23+/m0/s1. The van der Waals surface area contributed by atoms with Gasteiger partial charge in [-0.2, -0.15) is 10.1 Å². The summed E-state index contributed by atoms with van der Waals surface area (Å²) in [6.45, 7) is 2.58. The molecule has 2 amide bonds. The zero-order valence-corrected chi connectivity index (χ0v) is 17.6. The highest BCUT2D eigenvalue weighted by Crippen LogP contribution is 2.52. The maximum Gasteiger partial charge on any atom is 0.254 e. The summed E-state index contributed by atoms with van der Waals surface area (Å²) in [6, 6.07) is 11.4. The lowest BCUT2D eigenvalue weighted by atomic mass is 9.85. The minimum atomic E-state index is -0.296. The Hall–Kier alpha value is -3.48. The monoisotopic (exact) mass is 434 g/mol. The molecule has 0 radical (unpaired) electrons. The van der Waals surface area contributed by atoms with Crippen molar-refractivity contribution in [3.05, 3.63) is 71.6 Å². The van der Waals surface area contributed by atoms with Crippen LogP contribution in [0.2, 0.25) is 0 Å². The number of carbonyl (C=O) groups is 2. The highest BCUT2D eigenvalue weighted by atomic mass is 19.1. The summed E-state index contributed by atoms with van der Waals surface area (Å²) in [7, 11) is 0. The largest absolute Gasteiger partial charge is 0.490 e. The fourth-order valence-electron chi connectivity index (χ4n) is 4.86. The van der Waals surface area contributed by atoms with Gasteiger partial charge in [0.1, 0.15) is 12.4 Å². The van der Waals surface area contributed by atoms with E-state index in [0.717, 1.165) is 17.0 Å². The third-order valence-corrected chi connectivity index (χ3v) is 6.34. The van der Waals surface area contributed by atoms with Crippen LogP contribution in [-0.2, 0) is 16.2 Å². The first kappa shape index (κ1) is 20.4. The molecule has 0 aromatic heterocycles. The van der Waals surface area contributed by atoms with Crippen molar-refractivity contribution in [1.82, 2.24) is 5.01 Å². The highest BCUT2D eigenvalue weighted by Gasteiger charge is 2.59. The molecule has 0 N–H and O–H groups in total. The van der Waals surface area contributed by atoms with Gasteiger partial charge in [-0.3, -0.25) is 9.59 Å². The second-order valence-corrected chi connectivity index (χ2v) is 8.29. The number of rotatable bonds is 7. The molecule has 164 valence electrons. The molecule has 1 aliphatic heterocycles. The number of hydrazone groups is 1. The number of nitrogens with zero attached hydrogens (tertiary/aromatic N) is 2. The lowest BCUT2D eigenvalue weighted by molar-refractivity contribution is -0.140. The Morgan fingerprint density at radius 1 is 1.00 bits per heavy atom. The van der Waals surface area contributed by atoms with E-state index < -0.39 is 0 Å². The zero-order valence-electron chi connectivity index (χ0n) is 17.6. The molecule has 2 aliphatic carbocycles. The maximum absolute atomic E-state index is 13.1. The smallest absolute Gasteiger partial charge is 0.254 e. The van der Waals surface area contributed by atoms with Gasteiger partial charge < -0.3 is 9.47 Å². The van der Waals surface area contributed by atoms with E-state index in [1.54, 1.807) is 30.3 Å². The van der Waals surface area contributed by atoms with Crippen LogP contribution in [0.15, 0.2) is 59.7 Å². The Balaban J connectivity index is 1.30. The second kappa shape index (κ2) is 8.22. The van der Waals surface area contributed by atoms with Gasteiger partial charge in [-0.15, -0.1) is 0 Å². The highest BCUT2D eigenvalue weighted by molar-refractivity contribution is 6.06. The molecule has 6 nitrogen and oxygen atoms in total. The van der Waals surface area contributed by atoms with Crippen LogP contribution in [0.25, 0.3) is 0 Å². The fraction of sp³-hybridized carbons (Fsp3) is 0.320. The number of fused-ring (bicyclic) bond motifs is 5. The summed E-state index contributed by atoms with van der Waals surface area (Å²) in [4.78, 5) is 25.5. The van der Waals surface area contributed by atoms with Crippen molar-refractivity contribution in [2.75, 3.05) is 6.61 Å². The number of benzene rings is 2. The molecule has 1 saturated heterocycles. The number of carbonyl (C=O) groups excluding carboxylic acids is 2. The summed E-state index contributed by atoms with van der Waals surface area (Å²) in [5, 5.41) is 5.25. The normalized spacial score (nSPS) is 25.8. The van der Waals surface area contributed by atoms with E-state index in [1.165, 1.54) is 18.3 Å². The third-order valence-electron chi connectivity index (χ3n) is 6.34. The predicted molar refractivity (Wildman–Crippen MR) is 116 cm³/mol. The van der Waals surface area contributed by atoms with Crippen LogP contribution in [0.4, 0.5) is 4.39 Å². The first-order valence-electron chi connectivity index (χ1n) is 10.8. The Kier molecular flexibility index (Phi) is 5.25. The molecule has 1 saturated carbocycles. The van der Waals surface area contributed by atoms with Gasteiger partial charge in [-0.05, 0) is 66.6 Å². The van der Waals surface area contributed by atoms with E-state index >= 15 is 0 Å². The van der Waals surface area contributed by atoms with E-state index in [4.69, 9.17) is 9.47 Å². The molecule has 32 heavy (non-hydrogen) atoms. The first-order chi connectivity index (χ1) is 15.5. The van der Waals surface area contributed by atoms with Crippen LogP contribution in [0.3, 0.4) is 0 Å². The molecule has 7 heteroatoms. The van der Waals surface area contributed by atoms with Crippen molar-refractivity contribution in [1.29, 1.82) is 0 Å².